The van der Waals surface area contributed by atoms with E-state index >= 15 is 0 Å². The van der Waals surface area contributed by atoms with Crippen molar-refractivity contribution < 1.29 is 4.74 Å². The lowest BCUT2D eigenvalue weighted by molar-refractivity contribution is -0.104. The third-order valence-electron chi connectivity index (χ3n) is 11.5. The van der Waals surface area contributed by atoms with E-state index in [0.29, 0.717) is 16.9 Å². The van der Waals surface area contributed by atoms with E-state index in [1.165, 1.54) is 57.8 Å². The van der Waals surface area contributed by atoms with Gasteiger partial charge in [0.15, 0.2) is 0 Å². The molecule has 1 spiro atoms. The highest BCUT2D eigenvalue weighted by atomic mass is 16.6. The molecule has 10 atom stereocenters. The van der Waals surface area contributed by atoms with E-state index in [1.54, 1.807) is 0 Å². The van der Waals surface area contributed by atoms with Crippen LogP contribution in [0.3, 0.4) is 0 Å². The van der Waals surface area contributed by atoms with Crippen LogP contribution < -0.4 is 0 Å². The number of nitrogens with zero attached hydrogens (tertiary/aromatic N) is 1. The molecule has 0 radical (unpaired) electrons. The van der Waals surface area contributed by atoms with Gasteiger partial charge in [-0.2, -0.15) is 5.26 Å². The monoisotopic (exact) mass is 411 g/mol. The molecule has 0 aromatic carbocycles. The highest BCUT2D eigenvalue weighted by molar-refractivity contribution is 5.25. The van der Waals surface area contributed by atoms with Crippen LogP contribution in [-0.2, 0) is 4.74 Å². The molecule has 4 aliphatic carbocycles. The molecule has 0 bridgehead atoms. The van der Waals surface area contributed by atoms with Gasteiger partial charge in [-0.05, 0) is 92.3 Å². The first kappa shape index (κ1) is 21.3. The van der Waals surface area contributed by atoms with Crippen molar-refractivity contribution in [2.45, 2.75) is 117 Å². The summed E-state index contributed by atoms with van der Waals surface area (Å²) in [6, 6.07) is 2.58. The minimum absolute atomic E-state index is 0.0721. The highest BCUT2D eigenvalue weighted by Crippen LogP contribution is 2.74. The van der Waals surface area contributed by atoms with E-state index in [-0.39, 0.29) is 11.5 Å². The average molecular weight is 412 g/mol. The van der Waals surface area contributed by atoms with Crippen molar-refractivity contribution in [1.82, 2.24) is 0 Å². The minimum atomic E-state index is 0.0721. The Balaban J connectivity index is 1.33. The Morgan fingerprint density at radius 1 is 1.00 bits per heavy atom. The molecule has 1 saturated heterocycles. The third-order valence-corrected chi connectivity index (χ3v) is 11.5. The summed E-state index contributed by atoms with van der Waals surface area (Å²) in [7, 11) is 0. The molecule has 2 nitrogen and oxygen atoms in total. The normalized spacial score (nSPS) is 52.6. The fraction of sp³-hybridized carbons (Fsp3) is 0.964. The molecular weight excluding hydrogens is 366 g/mol. The van der Waals surface area contributed by atoms with Gasteiger partial charge in [0, 0.05) is 11.3 Å². The van der Waals surface area contributed by atoms with Crippen molar-refractivity contribution in [3.8, 4) is 6.07 Å². The molecular formula is C28H45NO. The van der Waals surface area contributed by atoms with E-state index < -0.39 is 0 Å². The van der Waals surface area contributed by atoms with Crippen LogP contribution in [0.25, 0.3) is 0 Å². The molecule has 0 N–H and O–H groups in total. The molecule has 4 saturated carbocycles. The van der Waals surface area contributed by atoms with Crippen LogP contribution in [0.4, 0.5) is 0 Å². The quantitative estimate of drug-likeness (QED) is 0.442. The SMILES string of the molecule is CC(C)CCC[C@H](C)[C@@H]1CC[C@@H]2[C@H]3C[C@@H]4O[C@@]45C[C@@H](C#N)CC[C@]5(C)[C@@H]3CC[C@@]21C. The van der Waals surface area contributed by atoms with Gasteiger partial charge in [-0.15, -0.1) is 0 Å². The molecule has 5 rings (SSSR count). The summed E-state index contributed by atoms with van der Waals surface area (Å²) in [4.78, 5) is 0. The van der Waals surface area contributed by atoms with Crippen LogP contribution in [0.15, 0.2) is 0 Å². The lowest BCUT2D eigenvalue weighted by atomic mass is 9.44. The van der Waals surface area contributed by atoms with Crippen molar-refractivity contribution >= 4 is 0 Å². The zero-order valence-corrected chi connectivity index (χ0v) is 20.3. The molecule has 1 heterocycles. The maximum Gasteiger partial charge on any atom is 0.102 e. The van der Waals surface area contributed by atoms with Crippen LogP contribution in [0, 0.1) is 63.6 Å². The lowest BCUT2D eigenvalue weighted by Crippen LogP contribution is -2.58. The number of hydrogen-bond donors (Lipinski definition) is 0. The molecule has 2 heteroatoms. The van der Waals surface area contributed by atoms with E-state index in [9.17, 15) is 5.26 Å². The van der Waals surface area contributed by atoms with Crippen molar-refractivity contribution in [1.29, 1.82) is 5.26 Å². The van der Waals surface area contributed by atoms with Gasteiger partial charge in [-0.3, -0.25) is 0 Å². The first-order valence-electron chi connectivity index (χ1n) is 13.3. The molecule has 0 unspecified atom stereocenters. The second kappa shape index (κ2) is 7.23. The van der Waals surface area contributed by atoms with Gasteiger partial charge < -0.3 is 4.74 Å². The van der Waals surface area contributed by atoms with Crippen LogP contribution in [0.1, 0.15) is 105 Å². The average Bonchev–Trinajstić information content (AvgIpc) is 3.28. The van der Waals surface area contributed by atoms with Gasteiger partial charge in [0.05, 0.1) is 12.2 Å². The second-order valence-corrected chi connectivity index (χ2v) is 13.1. The summed E-state index contributed by atoms with van der Waals surface area (Å²) in [5.41, 5.74) is 0.965. The summed E-state index contributed by atoms with van der Waals surface area (Å²) >= 11 is 0. The first-order chi connectivity index (χ1) is 14.2. The topological polar surface area (TPSA) is 36.3 Å². The van der Waals surface area contributed by atoms with E-state index in [4.69, 9.17) is 4.74 Å². The Kier molecular flexibility index (Phi) is 5.13. The Morgan fingerprint density at radius 2 is 1.80 bits per heavy atom. The van der Waals surface area contributed by atoms with Gasteiger partial charge in [-0.1, -0.05) is 53.9 Å². The predicted molar refractivity (Wildman–Crippen MR) is 122 cm³/mol. The number of ether oxygens (including phenoxy) is 1. The smallest absolute Gasteiger partial charge is 0.102 e. The zero-order chi connectivity index (χ0) is 21.3. The Labute approximate surface area is 185 Å². The number of nitriles is 1. The maximum absolute atomic E-state index is 9.56. The van der Waals surface area contributed by atoms with Crippen LogP contribution >= 0.6 is 0 Å². The summed E-state index contributed by atoms with van der Waals surface area (Å²) in [5.74, 6) is 5.53. The van der Waals surface area contributed by atoms with Crippen molar-refractivity contribution in [2.75, 3.05) is 0 Å². The fourth-order valence-electron chi connectivity index (χ4n) is 9.82. The van der Waals surface area contributed by atoms with Gasteiger partial charge in [0.25, 0.3) is 0 Å². The molecule has 0 amide bonds. The fourth-order valence-corrected chi connectivity index (χ4v) is 9.82. The largest absolute Gasteiger partial charge is 0.365 e. The van der Waals surface area contributed by atoms with Gasteiger partial charge in [0.2, 0.25) is 0 Å². The lowest BCUT2D eigenvalue weighted by Gasteiger charge is -2.59. The van der Waals surface area contributed by atoms with Crippen LogP contribution in [0.2, 0.25) is 0 Å². The van der Waals surface area contributed by atoms with Gasteiger partial charge >= 0.3 is 0 Å². The van der Waals surface area contributed by atoms with Crippen molar-refractivity contribution in [3.63, 3.8) is 0 Å². The number of epoxide rings is 1. The van der Waals surface area contributed by atoms with Crippen LogP contribution in [-0.4, -0.2) is 11.7 Å². The zero-order valence-electron chi connectivity index (χ0n) is 20.3. The van der Waals surface area contributed by atoms with Crippen molar-refractivity contribution in [2.24, 2.45) is 52.3 Å². The minimum Gasteiger partial charge on any atom is -0.365 e. The number of rotatable bonds is 5. The maximum atomic E-state index is 9.56. The Bertz CT molecular complexity index is 710. The van der Waals surface area contributed by atoms with E-state index in [2.05, 4.69) is 40.7 Å². The van der Waals surface area contributed by atoms with Crippen LogP contribution in [0.5, 0.6) is 0 Å². The van der Waals surface area contributed by atoms with Gasteiger partial charge in [0.1, 0.15) is 5.60 Å². The molecule has 0 aromatic heterocycles. The number of fused-ring (bicyclic) bond motifs is 4. The van der Waals surface area contributed by atoms with E-state index in [0.717, 1.165) is 48.3 Å². The first-order valence-corrected chi connectivity index (χ1v) is 13.3. The summed E-state index contributed by atoms with van der Waals surface area (Å²) in [6.45, 7) is 12.6. The summed E-state index contributed by atoms with van der Waals surface area (Å²) < 4.78 is 6.58. The highest BCUT2D eigenvalue weighted by Gasteiger charge is 2.76. The summed E-state index contributed by atoms with van der Waals surface area (Å²) in [5, 5.41) is 9.56. The second-order valence-electron chi connectivity index (χ2n) is 13.1. The number of hydrogen-bond acceptors (Lipinski definition) is 2. The van der Waals surface area contributed by atoms with Crippen molar-refractivity contribution in [3.05, 3.63) is 0 Å². The molecule has 30 heavy (non-hydrogen) atoms. The molecule has 5 fully saturated rings. The predicted octanol–water partition coefficient (Wildman–Crippen LogP) is 7.38. The van der Waals surface area contributed by atoms with Gasteiger partial charge in [-0.25, -0.2) is 0 Å². The molecule has 0 aromatic rings. The third kappa shape index (κ3) is 2.89. The summed E-state index contributed by atoms with van der Waals surface area (Å²) in [6.07, 6.45) is 15.1. The van der Waals surface area contributed by atoms with E-state index in [1.807, 2.05) is 0 Å². The molecule has 1 aliphatic heterocycles. The molecule has 5 aliphatic rings. The molecule has 168 valence electrons. The Hall–Kier alpha value is -0.550. The standard InChI is InChI=1S/C28H45NO/c1-18(2)7-6-8-19(3)22-9-10-23-21-15-25-28(30-25)16-20(17-29)11-14-27(28,5)24(21)12-13-26(22,23)4/h18-25H,6-16H2,1-5H3/t19-,20-,21+,22-,23+,24+,25-,26+,27+,28-/m0/s1. The Morgan fingerprint density at radius 3 is 2.53 bits per heavy atom.